The summed E-state index contributed by atoms with van der Waals surface area (Å²) in [7, 11) is 1.62. The Kier molecular flexibility index (Phi) is 8.19. The van der Waals surface area contributed by atoms with Crippen LogP contribution in [-0.4, -0.2) is 43.1 Å². The van der Waals surface area contributed by atoms with Crippen molar-refractivity contribution in [1.29, 1.82) is 0 Å². The topological polar surface area (TPSA) is 55.8 Å². The molecule has 0 unspecified atom stereocenters. The zero-order valence-corrected chi connectivity index (χ0v) is 15.8. The van der Waals surface area contributed by atoms with Gasteiger partial charge in [0.05, 0.1) is 20.1 Å². The molecule has 1 aromatic rings. The van der Waals surface area contributed by atoms with Gasteiger partial charge in [-0.2, -0.15) is 0 Å². The number of rotatable bonds is 8. The van der Waals surface area contributed by atoms with E-state index < -0.39 is 0 Å². The third-order valence-corrected chi connectivity index (χ3v) is 4.67. The van der Waals surface area contributed by atoms with E-state index in [1.165, 1.54) is 6.42 Å². The van der Waals surface area contributed by atoms with E-state index >= 15 is 0 Å². The number of nitrogens with zero attached hydrogens (tertiary/aromatic N) is 1. The molecule has 0 aromatic heterocycles. The molecule has 142 valence electrons. The van der Waals surface area contributed by atoms with Crippen molar-refractivity contribution in [3.05, 3.63) is 35.9 Å². The van der Waals surface area contributed by atoms with Gasteiger partial charge in [-0.3, -0.25) is 9.59 Å². The Labute approximate surface area is 156 Å². The summed E-state index contributed by atoms with van der Waals surface area (Å²) in [6.07, 6.45) is 9.11. The number of esters is 1. The third kappa shape index (κ3) is 6.21. The molecule has 5 nitrogen and oxygen atoms in total. The van der Waals surface area contributed by atoms with E-state index in [4.69, 9.17) is 9.47 Å². The first kappa shape index (κ1) is 20.0. The Morgan fingerprint density at radius 2 is 2.00 bits per heavy atom. The van der Waals surface area contributed by atoms with Crippen molar-refractivity contribution in [2.75, 3.05) is 20.3 Å². The molecule has 0 saturated heterocycles. The summed E-state index contributed by atoms with van der Waals surface area (Å²) in [4.78, 5) is 26.3. The molecule has 0 radical (unpaired) electrons. The number of carbonyl (C=O) groups is 2. The number of carbonyl (C=O) groups excluding carboxylic acids is 2. The summed E-state index contributed by atoms with van der Waals surface area (Å²) in [5.41, 5.74) is 0.909. The van der Waals surface area contributed by atoms with E-state index in [0.29, 0.717) is 13.2 Å². The average Bonchev–Trinajstić information content (AvgIpc) is 2.67. The highest BCUT2D eigenvalue weighted by molar-refractivity contribution is 5.92. The number of benzene rings is 1. The maximum Gasteiger partial charge on any atom is 0.307 e. The molecule has 1 aliphatic carbocycles. The molecule has 5 heteroatoms. The SMILES string of the molecule is CCOC(=O)CCN(C(=O)/C=C/c1cccc(OC)c1)C1CCCCC1. The lowest BCUT2D eigenvalue weighted by Crippen LogP contribution is -2.42. The van der Waals surface area contributed by atoms with Crippen LogP contribution in [0.1, 0.15) is 51.0 Å². The number of hydrogen-bond donors (Lipinski definition) is 0. The molecule has 0 aliphatic heterocycles. The highest BCUT2D eigenvalue weighted by Crippen LogP contribution is 2.23. The minimum absolute atomic E-state index is 0.0518. The average molecular weight is 359 g/mol. The van der Waals surface area contributed by atoms with Crippen molar-refractivity contribution in [3.63, 3.8) is 0 Å². The van der Waals surface area contributed by atoms with Gasteiger partial charge in [-0.05, 0) is 43.5 Å². The molecule has 1 fully saturated rings. The molecule has 1 saturated carbocycles. The van der Waals surface area contributed by atoms with Gasteiger partial charge >= 0.3 is 5.97 Å². The molecule has 1 aromatic carbocycles. The second-order valence-corrected chi connectivity index (χ2v) is 6.49. The number of hydrogen-bond acceptors (Lipinski definition) is 4. The van der Waals surface area contributed by atoms with E-state index in [0.717, 1.165) is 37.0 Å². The Morgan fingerprint density at radius 1 is 1.23 bits per heavy atom. The molecular weight excluding hydrogens is 330 g/mol. The molecule has 0 atom stereocenters. The Balaban J connectivity index is 2.05. The van der Waals surface area contributed by atoms with Gasteiger partial charge < -0.3 is 14.4 Å². The summed E-state index contributed by atoms with van der Waals surface area (Å²) in [6, 6.07) is 7.78. The molecule has 0 heterocycles. The molecule has 26 heavy (non-hydrogen) atoms. The van der Waals surface area contributed by atoms with Crippen LogP contribution in [-0.2, 0) is 14.3 Å². The molecule has 0 N–H and O–H groups in total. The zero-order chi connectivity index (χ0) is 18.8. The van der Waals surface area contributed by atoms with E-state index in [9.17, 15) is 9.59 Å². The number of ether oxygens (including phenoxy) is 2. The summed E-state index contributed by atoms with van der Waals surface area (Å²) in [6.45, 7) is 2.57. The fourth-order valence-corrected chi connectivity index (χ4v) is 3.32. The lowest BCUT2D eigenvalue weighted by atomic mass is 9.94. The van der Waals surface area contributed by atoms with E-state index in [1.54, 1.807) is 26.2 Å². The molecule has 0 spiro atoms. The lowest BCUT2D eigenvalue weighted by molar-refractivity contribution is -0.144. The van der Waals surface area contributed by atoms with Gasteiger partial charge in [0.1, 0.15) is 5.75 Å². The van der Waals surface area contributed by atoms with Crippen molar-refractivity contribution in [2.45, 2.75) is 51.5 Å². The lowest BCUT2D eigenvalue weighted by Gasteiger charge is -2.33. The quantitative estimate of drug-likeness (QED) is 0.523. The third-order valence-electron chi connectivity index (χ3n) is 4.67. The molecule has 2 rings (SSSR count). The van der Waals surface area contributed by atoms with Crippen LogP contribution in [0, 0.1) is 0 Å². The van der Waals surface area contributed by atoms with Crippen LogP contribution in [0.25, 0.3) is 6.08 Å². The number of methoxy groups -OCH3 is 1. The smallest absolute Gasteiger partial charge is 0.307 e. The van der Waals surface area contributed by atoms with Crippen molar-refractivity contribution in [1.82, 2.24) is 4.90 Å². The van der Waals surface area contributed by atoms with Gasteiger partial charge in [0, 0.05) is 18.7 Å². The van der Waals surface area contributed by atoms with Crippen molar-refractivity contribution in [3.8, 4) is 5.75 Å². The van der Waals surface area contributed by atoms with Crippen molar-refractivity contribution in [2.24, 2.45) is 0 Å². The van der Waals surface area contributed by atoms with E-state index in [-0.39, 0.29) is 24.3 Å². The minimum Gasteiger partial charge on any atom is -0.497 e. The van der Waals surface area contributed by atoms with Crippen LogP contribution >= 0.6 is 0 Å². The second-order valence-electron chi connectivity index (χ2n) is 6.49. The standard InChI is InChI=1S/C21H29NO4/c1-3-26-21(24)14-15-22(18-9-5-4-6-10-18)20(23)13-12-17-8-7-11-19(16-17)25-2/h7-8,11-13,16,18H,3-6,9-10,14-15H2,1-2H3/b13-12+. The van der Waals surface area contributed by atoms with Crippen molar-refractivity contribution < 1.29 is 19.1 Å². The first-order valence-corrected chi connectivity index (χ1v) is 9.42. The fourth-order valence-electron chi connectivity index (χ4n) is 3.32. The molecule has 0 bridgehead atoms. The van der Waals surface area contributed by atoms with E-state index in [1.807, 2.05) is 29.2 Å². The summed E-state index contributed by atoms with van der Waals surface area (Å²) >= 11 is 0. The maximum absolute atomic E-state index is 12.8. The van der Waals surface area contributed by atoms with Gasteiger partial charge in [0.15, 0.2) is 0 Å². The van der Waals surface area contributed by atoms with Crippen LogP contribution < -0.4 is 4.74 Å². The largest absolute Gasteiger partial charge is 0.497 e. The summed E-state index contributed by atoms with van der Waals surface area (Å²) in [5, 5.41) is 0. The monoisotopic (exact) mass is 359 g/mol. The minimum atomic E-state index is -0.252. The fraction of sp³-hybridized carbons (Fsp3) is 0.524. The Morgan fingerprint density at radius 3 is 2.69 bits per heavy atom. The van der Waals surface area contributed by atoms with Crippen LogP contribution in [0.3, 0.4) is 0 Å². The van der Waals surface area contributed by atoms with E-state index in [2.05, 4.69) is 0 Å². The van der Waals surface area contributed by atoms with Crippen LogP contribution in [0.2, 0.25) is 0 Å². The van der Waals surface area contributed by atoms with Crippen molar-refractivity contribution >= 4 is 18.0 Å². The second kappa shape index (κ2) is 10.6. The highest BCUT2D eigenvalue weighted by Gasteiger charge is 2.24. The van der Waals surface area contributed by atoms with Gasteiger partial charge in [0.2, 0.25) is 5.91 Å². The molecule has 1 amide bonds. The highest BCUT2D eigenvalue weighted by atomic mass is 16.5. The first-order chi connectivity index (χ1) is 12.6. The number of amides is 1. The van der Waals surface area contributed by atoms with Gasteiger partial charge in [-0.25, -0.2) is 0 Å². The first-order valence-electron chi connectivity index (χ1n) is 9.42. The Bertz CT molecular complexity index is 620. The predicted molar refractivity (Wildman–Crippen MR) is 102 cm³/mol. The van der Waals surface area contributed by atoms with Gasteiger partial charge in [-0.15, -0.1) is 0 Å². The molecular formula is C21H29NO4. The summed E-state index contributed by atoms with van der Waals surface area (Å²) in [5.74, 6) is 0.452. The summed E-state index contributed by atoms with van der Waals surface area (Å²) < 4.78 is 10.2. The Hall–Kier alpha value is -2.30. The van der Waals surface area contributed by atoms with Gasteiger partial charge in [0.25, 0.3) is 0 Å². The van der Waals surface area contributed by atoms with Crippen LogP contribution in [0.4, 0.5) is 0 Å². The predicted octanol–water partition coefficient (Wildman–Crippen LogP) is 3.82. The molecule has 1 aliphatic rings. The van der Waals surface area contributed by atoms with Gasteiger partial charge in [-0.1, -0.05) is 31.4 Å². The van der Waals surface area contributed by atoms with Crippen LogP contribution in [0.15, 0.2) is 30.3 Å². The maximum atomic E-state index is 12.8. The normalized spacial score (nSPS) is 15.0. The zero-order valence-electron chi connectivity index (χ0n) is 15.8. The van der Waals surface area contributed by atoms with Crippen LogP contribution in [0.5, 0.6) is 5.75 Å².